The van der Waals surface area contributed by atoms with Crippen molar-refractivity contribution in [3.8, 4) is 0 Å². The normalized spacial score (nSPS) is 25.4. The second-order valence-electron chi connectivity index (χ2n) is 5.39. The summed E-state index contributed by atoms with van der Waals surface area (Å²) in [7, 11) is 0. The Bertz CT molecular complexity index is 294. The van der Waals surface area contributed by atoms with Crippen LogP contribution in [0, 0.1) is 11.8 Å². The summed E-state index contributed by atoms with van der Waals surface area (Å²) in [6.07, 6.45) is 5.00. The van der Waals surface area contributed by atoms with Crippen molar-refractivity contribution in [2.75, 3.05) is 13.1 Å². The van der Waals surface area contributed by atoms with Crippen LogP contribution in [0.3, 0.4) is 0 Å². The van der Waals surface area contributed by atoms with Gasteiger partial charge in [0.2, 0.25) is 5.91 Å². The van der Waals surface area contributed by atoms with Crippen LogP contribution in [0.2, 0.25) is 0 Å². The van der Waals surface area contributed by atoms with E-state index in [1.807, 2.05) is 0 Å². The SMILES string of the molecule is CC(=O)NC(CNCC1CCCC(C)C1)C(=O)O. The monoisotopic (exact) mass is 256 g/mol. The molecule has 3 N–H and O–H groups in total. The quantitative estimate of drug-likeness (QED) is 0.662. The van der Waals surface area contributed by atoms with Crippen molar-refractivity contribution in [2.45, 2.75) is 45.6 Å². The van der Waals surface area contributed by atoms with Gasteiger partial charge in [0.25, 0.3) is 0 Å². The van der Waals surface area contributed by atoms with Crippen LogP contribution in [-0.2, 0) is 9.59 Å². The Morgan fingerprint density at radius 3 is 2.67 bits per heavy atom. The van der Waals surface area contributed by atoms with Crippen molar-refractivity contribution < 1.29 is 14.7 Å². The highest BCUT2D eigenvalue weighted by Gasteiger charge is 2.21. The minimum absolute atomic E-state index is 0.291. The van der Waals surface area contributed by atoms with E-state index in [1.54, 1.807) is 0 Å². The number of amides is 1. The van der Waals surface area contributed by atoms with Crippen molar-refractivity contribution in [3.63, 3.8) is 0 Å². The smallest absolute Gasteiger partial charge is 0.327 e. The summed E-state index contributed by atoms with van der Waals surface area (Å²) >= 11 is 0. The van der Waals surface area contributed by atoms with Crippen LogP contribution in [-0.4, -0.2) is 36.1 Å². The molecule has 0 saturated heterocycles. The zero-order valence-corrected chi connectivity index (χ0v) is 11.2. The number of hydrogen-bond acceptors (Lipinski definition) is 3. The maximum Gasteiger partial charge on any atom is 0.327 e. The highest BCUT2D eigenvalue weighted by molar-refractivity contribution is 5.82. The molecule has 0 aromatic rings. The lowest BCUT2D eigenvalue weighted by Gasteiger charge is -2.27. The van der Waals surface area contributed by atoms with Gasteiger partial charge in [0.1, 0.15) is 6.04 Å². The lowest BCUT2D eigenvalue weighted by molar-refractivity contribution is -0.141. The van der Waals surface area contributed by atoms with E-state index in [4.69, 9.17) is 5.11 Å². The number of carbonyl (C=O) groups is 2. The molecule has 1 saturated carbocycles. The van der Waals surface area contributed by atoms with E-state index in [0.29, 0.717) is 12.5 Å². The molecule has 0 spiro atoms. The number of rotatable bonds is 6. The summed E-state index contributed by atoms with van der Waals surface area (Å²) < 4.78 is 0. The third kappa shape index (κ3) is 5.49. The molecule has 104 valence electrons. The van der Waals surface area contributed by atoms with Crippen molar-refractivity contribution >= 4 is 11.9 Å². The molecule has 5 nitrogen and oxygen atoms in total. The van der Waals surface area contributed by atoms with Crippen LogP contribution in [0.5, 0.6) is 0 Å². The van der Waals surface area contributed by atoms with Crippen LogP contribution >= 0.6 is 0 Å². The molecule has 5 heteroatoms. The van der Waals surface area contributed by atoms with Gasteiger partial charge in [-0.25, -0.2) is 4.79 Å². The third-order valence-electron chi connectivity index (χ3n) is 3.50. The molecule has 0 aliphatic heterocycles. The van der Waals surface area contributed by atoms with Crippen molar-refractivity contribution in [1.82, 2.24) is 10.6 Å². The molecule has 0 aromatic carbocycles. The predicted octanol–water partition coefficient (Wildman–Crippen LogP) is 0.992. The first-order valence-electron chi connectivity index (χ1n) is 6.69. The van der Waals surface area contributed by atoms with E-state index >= 15 is 0 Å². The van der Waals surface area contributed by atoms with Gasteiger partial charge < -0.3 is 15.7 Å². The largest absolute Gasteiger partial charge is 0.480 e. The van der Waals surface area contributed by atoms with E-state index < -0.39 is 12.0 Å². The van der Waals surface area contributed by atoms with Gasteiger partial charge >= 0.3 is 5.97 Å². The van der Waals surface area contributed by atoms with E-state index in [-0.39, 0.29) is 5.91 Å². The van der Waals surface area contributed by atoms with Gasteiger partial charge in [-0.15, -0.1) is 0 Å². The molecule has 3 atom stereocenters. The molecular weight excluding hydrogens is 232 g/mol. The second kappa shape index (κ2) is 7.36. The fraction of sp³-hybridized carbons (Fsp3) is 0.846. The molecule has 1 aliphatic carbocycles. The van der Waals surface area contributed by atoms with Crippen LogP contribution in [0.15, 0.2) is 0 Å². The first kappa shape index (κ1) is 15.0. The maximum absolute atomic E-state index is 10.9. The van der Waals surface area contributed by atoms with Crippen molar-refractivity contribution in [3.05, 3.63) is 0 Å². The van der Waals surface area contributed by atoms with Crippen LogP contribution < -0.4 is 10.6 Å². The summed E-state index contributed by atoms with van der Waals surface area (Å²) in [5.74, 6) is 0.113. The number of carboxylic acid groups (broad SMARTS) is 1. The molecule has 1 rings (SSSR count). The minimum Gasteiger partial charge on any atom is -0.480 e. The van der Waals surface area contributed by atoms with Crippen molar-refractivity contribution in [1.29, 1.82) is 0 Å². The summed E-state index contributed by atoms with van der Waals surface area (Å²) in [5, 5.41) is 14.5. The van der Waals surface area contributed by atoms with Crippen LogP contribution in [0.1, 0.15) is 39.5 Å². The van der Waals surface area contributed by atoms with Gasteiger partial charge in [-0.2, -0.15) is 0 Å². The Labute approximate surface area is 108 Å². The van der Waals surface area contributed by atoms with Crippen LogP contribution in [0.25, 0.3) is 0 Å². The molecule has 1 amide bonds. The van der Waals surface area contributed by atoms with Crippen LogP contribution in [0.4, 0.5) is 0 Å². The first-order valence-corrected chi connectivity index (χ1v) is 6.69. The van der Waals surface area contributed by atoms with Gasteiger partial charge in [0.15, 0.2) is 0 Å². The van der Waals surface area contributed by atoms with Gasteiger partial charge in [0, 0.05) is 13.5 Å². The number of nitrogens with one attached hydrogen (secondary N) is 2. The molecule has 1 aliphatic rings. The first-order chi connectivity index (χ1) is 8.49. The van der Waals surface area contributed by atoms with E-state index in [1.165, 1.54) is 32.6 Å². The van der Waals surface area contributed by atoms with E-state index in [9.17, 15) is 9.59 Å². The fourth-order valence-corrected chi connectivity index (χ4v) is 2.62. The third-order valence-corrected chi connectivity index (χ3v) is 3.50. The minimum atomic E-state index is -0.991. The number of carbonyl (C=O) groups excluding carboxylic acids is 1. The average molecular weight is 256 g/mol. The van der Waals surface area contributed by atoms with Gasteiger partial charge in [-0.1, -0.05) is 19.8 Å². The topological polar surface area (TPSA) is 78.4 Å². The highest BCUT2D eigenvalue weighted by Crippen LogP contribution is 2.27. The summed E-state index contributed by atoms with van der Waals surface area (Å²) in [6, 6.07) is -0.830. The second-order valence-corrected chi connectivity index (χ2v) is 5.39. The zero-order valence-electron chi connectivity index (χ0n) is 11.2. The predicted molar refractivity (Wildman–Crippen MR) is 69.2 cm³/mol. The maximum atomic E-state index is 10.9. The summed E-state index contributed by atoms with van der Waals surface area (Å²) in [5.41, 5.74) is 0. The Morgan fingerprint density at radius 2 is 2.11 bits per heavy atom. The Morgan fingerprint density at radius 1 is 1.39 bits per heavy atom. The Balaban J connectivity index is 2.25. The average Bonchev–Trinajstić information content (AvgIpc) is 2.27. The lowest BCUT2D eigenvalue weighted by atomic mass is 9.82. The molecule has 0 heterocycles. The van der Waals surface area contributed by atoms with E-state index in [0.717, 1.165) is 12.5 Å². The Kier molecular flexibility index (Phi) is 6.12. The molecule has 1 fully saturated rings. The number of carboxylic acids is 1. The molecule has 0 aromatic heterocycles. The highest BCUT2D eigenvalue weighted by atomic mass is 16.4. The van der Waals surface area contributed by atoms with Gasteiger partial charge in [-0.05, 0) is 31.2 Å². The Hall–Kier alpha value is -1.10. The van der Waals surface area contributed by atoms with Gasteiger partial charge in [-0.3, -0.25) is 4.79 Å². The van der Waals surface area contributed by atoms with Crippen molar-refractivity contribution in [2.24, 2.45) is 11.8 Å². The number of aliphatic carboxylic acids is 1. The fourth-order valence-electron chi connectivity index (χ4n) is 2.62. The summed E-state index contributed by atoms with van der Waals surface area (Å²) in [6.45, 7) is 4.73. The van der Waals surface area contributed by atoms with E-state index in [2.05, 4.69) is 17.6 Å². The lowest BCUT2D eigenvalue weighted by Crippen LogP contribution is -2.47. The molecule has 0 bridgehead atoms. The number of hydrogen-bond donors (Lipinski definition) is 3. The molecular formula is C13H24N2O3. The zero-order chi connectivity index (χ0) is 13.5. The standard InChI is InChI=1S/C13H24N2O3/c1-9-4-3-5-11(6-9)7-14-8-12(13(17)18)15-10(2)16/h9,11-12,14H,3-8H2,1-2H3,(H,15,16)(H,17,18). The summed E-state index contributed by atoms with van der Waals surface area (Å²) in [4.78, 5) is 21.8. The molecule has 18 heavy (non-hydrogen) atoms. The van der Waals surface area contributed by atoms with Gasteiger partial charge in [0.05, 0.1) is 0 Å². The molecule has 3 unspecified atom stereocenters. The molecule has 0 radical (unpaired) electrons.